The Bertz CT molecular complexity index is 757. The summed E-state index contributed by atoms with van der Waals surface area (Å²) in [4.78, 5) is 6.14. The maximum Gasteiger partial charge on any atom is 0.0501 e. The van der Waals surface area contributed by atoms with Gasteiger partial charge in [0.1, 0.15) is 0 Å². The van der Waals surface area contributed by atoms with E-state index in [0.29, 0.717) is 5.92 Å². The Morgan fingerprint density at radius 1 is 0.909 bits per heavy atom. The van der Waals surface area contributed by atoms with Crippen LogP contribution in [0.25, 0.3) is 10.9 Å². The first kappa shape index (κ1) is 13.9. The van der Waals surface area contributed by atoms with Gasteiger partial charge in [-0.05, 0) is 49.5 Å². The highest BCUT2D eigenvalue weighted by atomic mass is 32.2. The Labute approximate surface area is 135 Å². The fraction of sp³-hybridized carbons (Fsp3) is 0.263. The van der Waals surface area contributed by atoms with Crippen molar-refractivity contribution in [3.8, 4) is 0 Å². The molecule has 0 aliphatic carbocycles. The predicted octanol–water partition coefficient (Wildman–Crippen LogP) is 4.79. The van der Waals surface area contributed by atoms with Crippen LogP contribution in [0.15, 0.2) is 64.5 Å². The second-order valence-corrected chi connectivity index (χ2v) is 6.98. The summed E-state index contributed by atoms with van der Waals surface area (Å²) in [6, 6.07) is 17.3. The summed E-state index contributed by atoms with van der Waals surface area (Å²) in [5, 5.41) is 4.81. The van der Waals surface area contributed by atoms with Gasteiger partial charge in [-0.2, -0.15) is 0 Å². The van der Waals surface area contributed by atoms with E-state index >= 15 is 0 Å². The lowest BCUT2D eigenvalue weighted by atomic mass is 9.89. The average molecular weight is 308 g/mol. The smallest absolute Gasteiger partial charge is 0.0501 e. The van der Waals surface area contributed by atoms with Crippen LogP contribution < -0.4 is 5.32 Å². The molecule has 0 unspecified atom stereocenters. The molecule has 2 heterocycles. The van der Waals surface area contributed by atoms with E-state index in [2.05, 4.69) is 65.0 Å². The molecule has 0 bridgehead atoms. The molecule has 4 rings (SSSR count). The van der Waals surface area contributed by atoms with Crippen LogP contribution in [0, 0.1) is 0 Å². The van der Waals surface area contributed by atoms with E-state index in [9.17, 15) is 0 Å². The lowest BCUT2D eigenvalue weighted by Crippen LogP contribution is -2.26. The lowest BCUT2D eigenvalue weighted by Gasteiger charge is -2.23. The van der Waals surface area contributed by atoms with E-state index in [0.717, 1.165) is 13.1 Å². The Morgan fingerprint density at radius 3 is 2.55 bits per heavy atom. The fourth-order valence-corrected chi connectivity index (χ4v) is 4.27. The first-order chi connectivity index (χ1) is 10.9. The Morgan fingerprint density at radius 2 is 1.73 bits per heavy atom. The molecule has 3 aromatic rings. The summed E-state index contributed by atoms with van der Waals surface area (Å²) >= 11 is 1.84. The third-order valence-corrected chi connectivity index (χ3v) is 5.53. The van der Waals surface area contributed by atoms with Crippen LogP contribution in [0.3, 0.4) is 0 Å². The van der Waals surface area contributed by atoms with Crippen molar-refractivity contribution in [1.82, 2.24) is 10.3 Å². The second-order valence-electron chi connectivity index (χ2n) is 5.86. The van der Waals surface area contributed by atoms with Gasteiger partial charge in [-0.3, -0.25) is 0 Å². The third-order valence-electron chi connectivity index (χ3n) is 4.46. The quantitative estimate of drug-likeness (QED) is 0.728. The molecule has 112 valence electrons. The number of nitrogens with one attached hydrogen (secondary N) is 2. The van der Waals surface area contributed by atoms with Gasteiger partial charge in [0.25, 0.3) is 0 Å². The van der Waals surface area contributed by atoms with Gasteiger partial charge in [0.15, 0.2) is 0 Å². The number of benzene rings is 2. The molecule has 0 atom stereocenters. The molecule has 3 heteroatoms. The van der Waals surface area contributed by atoms with Crippen molar-refractivity contribution in [2.24, 2.45) is 0 Å². The van der Waals surface area contributed by atoms with Crippen molar-refractivity contribution in [2.45, 2.75) is 28.6 Å². The van der Waals surface area contributed by atoms with Crippen LogP contribution in [0.1, 0.15) is 24.3 Å². The van der Waals surface area contributed by atoms with Crippen molar-refractivity contribution >= 4 is 22.7 Å². The van der Waals surface area contributed by atoms with E-state index in [1.807, 2.05) is 11.8 Å². The molecule has 1 aromatic heterocycles. The monoisotopic (exact) mass is 308 g/mol. The van der Waals surface area contributed by atoms with Crippen molar-refractivity contribution in [2.75, 3.05) is 13.1 Å². The van der Waals surface area contributed by atoms with Crippen LogP contribution in [0.4, 0.5) is 0 Å². The van der Waals surface area contributed by atoms with Crippen molar-refractivity contribution < 1.29 is 0 Å². The van der Waals surface area contributed by atoms with E-state index in [1.54, 1.807) is 0 Å². The molecule has 2 aromatic carbocycles. The number of H-pyrrole nitrogens is 1. The minimum absolute atomic E-state index is 0.679. The first-order valence-corrected chi connectivity index (χ1v) is 8.77. The maximum atomic E-state index is 3.53. The number of hydrogen-bond donors (Lipinski definition) is 2. The zero-order valence-electron chi connectivity index (χ0n) is 12.5. The van der Waals surface area contributed by atoms with Gasteiger partial charge in [0, 0.05) is 21.4 Å². The largest absolute Gasteiger partial charge is 0.360 e. The minimum atomic E-state index is 0.679. The van der Waals surface area contributed by atoms with Gasteiger partial charge in [-0.15, -0.1) is 0 Å². The van der Waals surface area contributed by atoms with Crippen LogP contribution >= 0.6 is 11.8 Å². The Hall–Kier alpha value is -1.71. The number of piperidine rings is 1. The summed E-state index contributed by atoms with van der Waals surface area (Å²) in [5.74, 6) is 0.679. The van der Waals surface area contributed by atoms with Gasteiger partial charge >= 0.3 is 0 Å². The zero-order chi connectivity index (χ0) is 14.8. The topological polar surface area (TPSA) is 27.8 Å². The van der Waals surface area contributed by atoms with Crippen LogP contribution in [-0.4, -0.2) is 18.1 Å². The minimum Gasteiger partial charge on any atom is -0.360 e. The highest BCUT2D eigenvalue weighted by molar-refractivity contribution is 7.99. The van der Waals surface area contributed by atoms with Gasteiger partial charge in [0.2, 0.25) is 0 Å². The average Bonchev–Trinajstić information content (AvgIpc) is 3.00. The normalized spacial score (nSPS) is 16.2. The Balaban J connectivity index is 1.70. The van der Waals surface area contributed by atoms with Gasteiger partial charge in [0.05, 0.1) is 5.52 Å². The summed E-state index contributed by atoms with van der Waals surface area (Å²) in [6.07, 6.45) is 4.63. The highest BCUT2D eigenvalue weighted by Gasteiger charge is 2.18. The standard InChI is InChI=1S/C19H20N2S/c1-2-5-15(6-3-1)22-18-13-21-19-16(7-4-8-17(18)19)14-9-11-20-12-10-14/h1-8,13-14,20-21H,9-12H2. The number of fused-ring (bicyclic) bond motifs is 1. The zero-order valence-corrected chi connectivity index (χ0v) is 13.3. The SMILES string of the molecule is c1ccc(Sc2c[nH]c3c(C4CCNCC4)cccc23)cc1. The number of para-hydroxylation sites is 1. The molecule has 0 spiro atoms. The van der Waals surface area contributed by atoms with Crippen molar-refractivity contribution in [3.63, 3.8) is 0 Å². The third kappa shape index (κ3) is 2.67. The lowest BCUT2D eigenvalue weighted by molar-refractivity contribution is 0.462. The molecular formula is C19H20N2S. The van der Waals surface area contributed by atoms with Gasteiger partial charge < -0.3 is 10.3 Å². The molecular weight excluding hydrogens is 288 g/mol. The fourth-order valence-electron chi connectivity index (χ4n) is 3.33. The van der Waals surface area contributed by atoms with Crippen LogP contribution in [-0.2, 0) is 0 Å². The molecule has 0 radical (unpaired) electrons. The molecule has 2 nitrogen and oxygen atoms in total. The second kappa shape index (κ2) is 6.19. The molecule has 1 aliphatic rings. The molecule has 1 aliphatic heterocycles. The summed E-state index contributed by atoms with van der Waals surface area (Å²) in [6.45, 7) is 2.26. The van der Waals surface area contributed by atoms with Gasteiger partial charge in [-0.25, -0.2) is 0 Å². The summed E-state index contributed by atoms with van der Waals surface area (Å²) in [7, 11) is 0. The van der Waals surface area contributed by atoms with E-state index < -0.39 is 0 Å². The number of aromatic amines is 1. The molecule has 0 saturated carbocycles. The molecule has 1 fully saturated rings. The van der Waals surface area contributed by atoms with Crippen molar-refractivity contribution in [1.29, 1.82) is 0 Å². The summed E-state index contributed by atoms with van der Waals surface area (Å²) in [5.41, 5.74) is 2.81. The van der Waals surface area contributed by atoms with E-state index in [1.165, 1.54) is 39.1 Å². The van der Waals surface area contributed by atoms with E-state index in [-0.39, 0.29) is 0 Å². The molecule has 1 saturated heterocycles. The maximum absolute atomic E-state index is 3.53. The van der Waals surface area contributed by atoms with Crippen LogP contribution in [0.5, 0.6) is 0 Å². The summed E-state index contributed by atoms with van der Waals surface area (Å²) < 4.78 is 0. The number of aromatic nitrogens is 1. The highest BCUT2D eigenvalue weighted by Crippen LogP contribution is 2.37. The Kier molecular flexibility index (Phi) is 3.92. The van der Waals surface area contributed by atoms with Crippen molar-refractivity contribution in [3.05, 3.63) is 60.3 Å². The first-order valence-electron chi connectivity index (χ1n) is 7.95. The van der Waals surface area contributed by atoms with Crippen LogP contribution in [0.2, 0.25) is 0 Å². The number of rotatable bonds is 3. The molecule has 2 N–H and O–H groups in total. The predicted molar refractivity (Wildman–Crippen MR) is 93.7 cm³/mol. The van der Waals surface area contributed by atoms with E-state index in [4.69, 9.17) is 0 Å². The number of hydrogen-bond acceptors (Lipinski definition) is 2. The van der Waals surface area contributed by atoms with Gasteiger partial charge in [-0.1, -0.05) is 48.2 Å². The molecule has 0 amide bonds. The molecule has 22 heavy (non-hydrogen) atoms.